The first-order valence-corrected chi connectivity index (χ1v) is 8.98. The van der Waals surface area contributed by atoms with Crippen LogP contribution in [0.3, 0.4) is 0 Å². The number of halogens is 1. The Kier molecular flexibility index (Phi) is 4.90. The van der Waals surface area contributed by atoms with Crippen LogP contribution in [0.25, 0.3) is 0 Å². The van der Waals surface area contributed by atoms with Crippen molar-refractivity contribution in [2.24, 2.45) is 5.92 Å². The molecular weight excluding hydrogens is 372 g/mol. The standard InChI is InChI=1S/C20H17ClO6/c21-15-2-4-17-13(8-15)7-14(10-26-17)20(23)27-11-16(22)12-1-3-18-19(9-12)25-6-5-24-18/h1-4,8-9,14H,5-7,10-11H2/t14-/m0/s1. The minimum atomic E-state index is -0.468. The maximum absolute atomic E-state index is 12.3. The molecular formula is C20H17ClO6. The molecule has 7 heteroatoms. The lowest BCUT2D eigenvalue weighted by Crippen LogP contribution is -2.31. The van der Waals surface area contributed by atoms with Crippen molar-refractivity contribution in [2.75, 3.05) is 26.4 Å². The summed E-state index contributed by atoms with van der Waals surface area (Å²) in [5, 5.41) is 0.583. The summed E-state index contributed by atoms with van der Waals surface area (Å²) in [4.78, 5) is 24.7. The Labute approximate surface area is 160 Å². The first-order chi connectivity index (χ1) is 13.1. The van der Waals surface area contributed by atoms with Gasteiger partial charge in [-0.3, -0.25) is 9.59 Å². The second-order valence-electron chi connectivity index (χ2n) is 6.35. The molecule has 0 aromatic heterocycles. The summed E-state index contributed by atoms with van der Waals surface area (Å²) in [6, 6.07) is 10.2. The summed E-state index contributed by atoms with van der Waals surface area (Å²) in [5.41, 5.74) is 1.26. The molecule has 2 heterocycles. The van der Waals surface area contributed by atoms with Crippen LogP contribution in [-0.2, 0) is 16.0 Å². The van der Waals surface area contributed by atoms with Gasteiger partial charge in [0.05, 0.1) is 5.92 Å². The lowest BCUT2D eigenvalue weighted by atomic mass is 9.97. The molecule has 2 aromatic carbocycles. The lowest BCUT2D eigenvalue weighted by Gasteiger charge is -2.24. The van der Waals surface area contributed by atoms with Crippen molar-refractivity contribution in [1.82, 2.24) is 0 Å². The van der Waals surface area contributed by atoms with E-state index in [1.807, 2.05) is 0 Å². The van der Waals surface area contributed by atoms with E-state index in [0.717, 1.165) is 11.3 Å². The Morgan fingerprint density at radius 1 is 1.00 bits per heavy atom. The number of rotatable bonds is 4. The molecule has 0 bridgehead atoms. The summed E-state index contributed by atoms with van der Waals surface area (Å²) in [6.07, 6.45) is 0.465. The van der Waals surface area contributed by atoms with Crippen LogP contribution >= 0.6 is 11.6 Å². The highest BCUT2D eigenvalue weighted by Gasteiger charge is 2.28. The predicted octanol–water partition coefficient (Wildman–Crippen LogP) is 3.09. The first kappa shape index (κ1) is 17.7. The molecule has 0 fully saturated rings. The van der Waals surface area contributed by atoms with Gasteiger partial charge >= 0.3 is 5.97 Å². The van der Waals surface area contributed by atoms with E-state index in [1.165, 1.54) is 0 Å². The molecule has 2 aromatic rings. The zero-order chi connectivity index (χ0) is 18.8. The van der Waals surface area contributed by atoms with Crippen molar-refractivity contribution >= 4 is 23.4 Å². The number of ketones is 1. The van der Waals surface area contributed by atoms with Gasteiger partial charge in [0.15, 0.2) is 23.9 Å². The van der Waals surface area contributed by atoms with Crippen LogP contribution in [0, 0.1) is 5.92 Å². The Morgan fingerprint density at radius 2 is 1.78 bits per heavy atom. The highest BCUT2D eigenvalue weighted by atomic mass is 35.5. The van der Waals surface area contributed by atoms with Crippen LogP contribution in [0.4, 0.5) is 0 Å². The smallest absolute Gasteiger partial charge is 0.313 e. The Bertz CT molecular complexity index is 894. The summed E-state index contributed by atoms with van der Waals surface area (Å²) >= 11 is 5.99. The zero-order valence-electron chi connectivity index (χ0n) is 14.4. The van der Waals surface area contributed by atoms with E-state index in [2.05, 4.69) is 0 Å². The number of hydrogen-bond acceptors (Lipinski definition) is 6. The normalized spacial score (nSPS) is 17.4. The monoisotopic (exact) mass is 388 g/mol. The maximum atomic E-state index is 12.3. The van der Waals surface area contributed by atoms with Gasteiger partial charge in [-0.15, -0.1) is 0 Å². The van der Waals surface area contributed by atoms with Crippen molar-refractivity contribution < 1.29 is 28.5 Å². The van der Waals surface area contributed by atoms with Crippen molar-refractivity contribution in [3.63, 3.8) is 0 Å². The Hall–Kier alpha value is -2.73. The third-order valence-corrected chi connectivity index (χ3v) is 4.71. The third-order valence-electron chi connectivity index (χ3n) is 4.47. The topological polar surface area (TPSA) is 71.1 Å². The summed E-state index contributed by atoms with van der Waals surface area (Å²) in [7, 11) is 0. The van der Waals surface area contributed by atoms with Gasteiger partial charge in [-0.1, -0.05) is 11.6 Å². The highest BCUT2D eigenvalue weighted by molar-refractivity contribution is 6.30. The first-order valence-electron chi connectivity index (χ1n) is 8.61. The summed E-state index contributed by atoms with van der Waals surface area (Å²) in [5.74, 6) is 0.603. The van der Waals surface area contributed by atoms with Gasteiger partial charge in [0.25, 0.3) is 0 Å². The van der Waals surface area contributed by atoms with Crippen LogP contribution in [0.15, 0.2) is 36.4 Å². The Morgan fingerprint density at radius 3 is 2.63 bits per heavy atom. The third kappa shape index (κ3) is 3.85. The van der Waals surface area contributed by atoms with E-state index in [0.29, 0.717) is 41.7 Å². The lowest BCUT2D eigenvalue weighted by molar-refractivity contribution is -0.148. The maximum Gasteiger partial charge on any atom is 0.313 e. The number of ether oxygens (including phenoxy) is 4. The molecule has 0 aliphatic carbocycles. The van der Waals surface area contributed by atoms with Crippen molar-refractivity contribution in [2.45, 2.75) is 6.42 Å². The number of Topliss-reactive ketones (excluding diaryl/α,β-unsaturated/α-hetero) is 1. The molecule has 2 aliphatic heterocycles. The molecule has 4 rings (SSSR count). The molecule has 0 N–H and O–H groups in total. The van der Waals surface area contributed by atoms with Crippen LogP contribution < -0.4 is 14.2 Å². The number of fused-ring (bicyclic) bond motifs is 2. The molecule has 0 radical (unpaired) electrons. The fourth-order valence-electron chi connectivity index (χ4n) is 3.07. The summed E-state index contributed by atoms with van der Waals surface area (Å²) < 4.78 is 21.7. The van der Waals surface area contributed by atoms with Gasteiger partial charge in [-0.05, 0) is 48.4 Å². The molecule has 0 saturated carbocycles. The molecule has 0 saturated heterocycles. The predicted molar refractivity (Wildman–Crippen MR) is 96.9 cm³/mol. The van der Waals surface area contributed by atoms with E-state index in [-0.39, 0.29) is 19.0 Å². The Balaban J connectivity index is 1.36. The minimum Gasteiger partial charge on any atom is -0.492 e. The van der Waals surface area contributed by atoms with Gasteiger partial charge in [0.2, 0.25) is 0 Å². The van der Waals surface area contributed by atoms with Crippen LogP contribution in [-0.4, -0.2) is 38.2 Å². The molecule has 0 amide bonds. The number of carbonyl (C=O) groups excluding carboxylic acids is 2. The average Bonchev–Trinajstić information content (AvgIpc) is 2.70. The highest BCUT2D eigenvalue weighted by Crippen LogP contribution is 2.32. The number of benzene rings is 2. The van der Waals surface area contributed by atoms with Crippen LogP contribution in [0.1, 0.15) is 15.9 Å². The number of hydrogen-bond donors (Lipinski definition) is 0. The van der Waals surface area contributed by atoms with E-state index < -0.39 is 11.9 Å². The largest absolute Gasteiger partial charge is 0.492 e. The van der Waals surface area contributed by atoms with Crippen LogP contribution in [0.2, 0.25) is 5.02 Å². The molecule has 0 unspecified atom stereocenters. The zero-order valence-corrected chi connectivity index (χ0v) is 15.2. The number of esters is 1. The van der Waals surface area contributed by atoms with Crippen molar-refractivity contribution in [3.05, 3.63) is 52.5 Å². The van der Waals surface area contributed by atoms with Crippen molar-refractivity contribution in [1.29, 1.82) is 0 Å². The molecule has 27 heavy (non-hydrogen) atoms. The molecule has 1 atom stereocenters. The average molecular weight is 389 g/mol. The van der Waals surface area contributed by atoms with E-state index in [1.54, 1.807) is 36.4 Å². The van der Waals surface area contributed by atoms with Gasteiger partial charge < -0.3 is 18.9 Å². The van der Waals surface area contributed by atoms with Gasteiger partial charge in [-0.2, -0.15) is 0 Å². The van der Waals surface area contributed by atoms with Gasteiger partial charge in [0, 0.05) is 10.6 Å². The fraction of sp³-hybridized carbons (Fsp3) is 0.300. The molecule has 2 aliphatic rings. The van der Waals surface area contributed by atoms with Crippen molar-refractivity contribution in [3.8, 4) is 17.2 Å². The van der Waals surface area contributed by atoms with E-state index >= 15 is 0 Å². The molecule has 6 nitrogen and oxygen atoms in total. The minimum absolute atomic E-state index is 0.214. The van der Waals surface area contributed by atoms with Crippen LogP contribution in [0.5, 0.6) is 17.2 Å². The second-order valence-corrected chi connectivity index (χ2v) is 6.79. The van der Waals surface area contributed by atoms with Gasteiger partial charge in [0.1, 0.15) is 25.6 Å². The van der Waals surface area contributed by atoms with E-state index in [4.69, 9.17) is 30.5 Å². The molecule has 0 spiro atoms. The molecule has 140 valence electrons. The van der Waals surface area contributed by atoms with E-state index in [9.17, 15) is 9.59 Å². The SMILES string of the molecule is O=C(COC(=O)[C@@H]1COc2ccc(Cl)cc2C1)c1ccc2c(c1)OCCO2. The quantitative estimate of drug-likeness (QED) is 0.592. The summed E-state index contributed by atoms with van der Waals surface area (Å²) in [6.45, 7) is 0.797. The number of carbonyl (C=O) groups is 2. The van der Waals surface area contributed by atoms with Gasteiger partial charge in [-0.25, -0.2) is 0 Å². The fourth-order valence-corrected chi connectivity index (χ4v) is 3.26. The second kappa shape index (κ2) is 7.48.